The largest absolute Gasteiger partial charge is 0.469 e. The summed E-state index contributed by atoms with van der Waals surface area (Å²) in [6, 6.07) is 4.36. The second-order valence-corrected chi connectivity index (χ2v) is 6.09. The van der Waals surface area contributed by atoms with Crippen LogP contribution in [0.4, 0.5) is 4.39 Å². The number of aromatic nitrogens is 1. The average molecular weight is 324 g/mol. The zero-order valence-electron chi connectivity index (χ0n) is 12.6. The molecule has 1 amide bonds. The molecule has 118 valence electrons. The minimum atomic E-state index is -0.352. The molecule has 0 aliphatic carbocycles. The third-order valence-corrected chi connectivity index (χ3v) is 4.15. The molecule has 5 nitrogen and oxygen atoms in total. The van der Waals surface area contributed by atoms with Gasteiger partial charge in [0.15, 0.2) is 4.80 Å². The Morgan fingerprint density at radius 1 is 1.41 bits per heavy atom. The lowest BCUT2D eigenvalue weighted by Gasteiger charge is -2.04. The minimum absolute atomic E-state index is 0.156. The van der Waals surface area contributed by atoms with Crippen molar-refractivity contribution in [3.63, 3.8) is 0 Å². The predicted octanol–water partition coefficient (Wildman–Crippen LogP) is 2.49. The van der Waals surface area contributed by atoms with Gasteiger partial charge in [-0.3, -0.25) is 9.59 Å². The van der Waals surface area contributed by atoms with E-state index >= 15 is 0 Å². The molecule has 0 saturated heterocycles. The number of benzene rings is 1. The topological polar surface area (TPSA) is 60.7 Å². The van der Waals surface area contributed by atoms with Crippen molar-refractivity contribution in [2.24, 2.45) is 10.9 Å². The van der Waals surface area contributed by atoms with Crippen molar-refractivity contribution in [3.05, 3.63) is 28.8 Å². The first-order valence-electron chi connectivity index (χ1n) is 6.86. The van der Waals surface area contributed by atoms with E-state index in [1.165, 1.54) is 30.6 Å². The van der Waals surface area contributed by atoms with Crippen LogP contribution in [0.3, 0.4) is 0 Å². The molecule has 7 heteroatoms. The summed E-state index contributed by atoms with van der Waals surface area (Å²) in [7, 11) is 1.32. The van der Waals surface area contributed by atoms with Gasteiger partial charge < -0.3 is 9.30 Å². The molecule has 0 atom stereocenters. The Kier molecular flexibility index (Phi) is 5.07. The zero-order chi connectivity index (χ0) is 16.3. The standard InChI is InChI=1S/C15H17FN2O3S/c1-9(2)14(20)17-15-18(7-6-13(19)21-3)11-5-4-10(16)8-12(11)22-15/h4-5,8-9H,6-7H2,1-3H3. The van der Waals surface area contributed by atoms with Crippen molar-refractivity contribution in [1.82, 2.24) is 4.57 Å². The third-order valence-electron chi connectivity index (χ3n) is 3.11. The van der Waals surface area contributed by atoms with Gasteiger partial charge in [0.25, 0.3) is 5.91 Å². The van der Waals surface area contributed by atoms with Crippen LogP contribution in [0.25, 0.3) is 10.2 Å². The number of hydrogen-bond acceptors (Lipinski definition) is 4. The van der Waals surface area contributed by atoms with Crippen LogP contribution in [-0.4, -0.2) is 23.6 Å². The van der Waals surface area contributed by atoms with E-state index in [1.54, 1.807) is 24.5 Å². The number of thiazole rings is 1. The molecule has 22 heavy (non-hydrogen) atoms. The highest BCUT2D eigenvalue weighted by atomic mass is 32.1. The molecular formula is C15H17FN2O3S. The highest BCUT2D eigenvalue weighted by Gasteiger charge is 2.12. The van der Waals surface area contributed by atoms with Gasteiger partial charge in [-0.1, -0.05) is 25.2 Å². The van der Waals surface area contributed by atoms with Gasteiger partial charge in [-0.2, -0.15) is 4.99 Å². The van der Waals surface area contributed by atoms with Gasteiger partial charge in [-0.25, -0.2) is 4.39 Å². The molecule has 0 N–H and O–H groups in total. The van der Waals surface area contributed by atoms with E-state index in [0.717, 1.165) is 5.52 Å². The summed E-state index contributed by atoms with van der Waals surface area (Å²) in [5, 5.41) is 0. The molecule has 0 saturated carbocycles. The molecule has 0 fully saturated rings. The van der Waals surface area contributed by atoms with Crippen molar-refractivity contribution in [3.8, 4) is 0 Å². The fraction of sp³-hybridized carbons (Fsp3) is 0.400. The summed E-state index contributed by atoms with van der Waals surface area (Å²) >= 11 is 1.23. The quantitative estimate of drug-likeness (QED) is 0.812. The molecule has 0 aliphatic rings. The Bertz CT molecular complexity index is 777. The molecule has 1 aromatic heterocycles. The fourth-order valence-electron chi connectivity index (χ4n) is 1.88. The number of nitrogens with zero attached hydrogens (tertiary/aromatic N) is 2. The number of hydrogen-bond donors (Lipinski definition) is 0. The Hall–Kier alpha value is -2.02. The summed E-state index contributed by atoms with van der Waals surface area (Å²) in [5.41, 5.74) is 0.741. The van der Waals surface area contributed by atoms with Gasteiger partial charge in [0.2, 0.25) is 0 Å². The van der Waals surface area contributed by atoms with E-state index in [2.05, 4.69) is 9.73 Å². The number of halogens is 1. The van der Waals surface area contributed by atoms with E-state index in [9.17, 15) is 14.0 Å². The second-order valence-electron chi connectivity index (χ2n) is 5.08. The number of carbonyl (C=O) groups is 2. The molecule has 1 heterocycles. The van der Waals surface area contributed by atoms with E-state index in [1.807, 2.05) is 0 Å². The number of carbonyl (C=O) groups excluding carboxylic acids is 2. The van der Waals surface area contributed by atoms with Crippen LogP contribution in [0.15, 0.2) is 23.2 Å². The van der Waals surface area contributed by atoms with Crippen LogP contribution in [0, 0.1) is 11.7 Å². The summed E-state index contributed by atoms with van der Waals surface area (Å²) < 4.78 is 20.4. The summed E-state index contributed by atoms with van der Waals surface area (Å²) in [6.45, 7) is 3.84. The van der Waals surface area contributed by atoms with Crippen molar-refractivity contribution in [2.75, 3.05) is 7.11 Å². The van der Waals surface area contributed by atoms with E-state index in [-0.39, 0.29) is 30.0 Å². The molecule has 0 bridgehead atoms. The normalized spacial score (nSPS) is 12.1. The van der Waals surface area contributed by atoms with Crippen LogP contribution in [0.1, 0.15) is 20.3 Å². The van der Waals surface area contributed by atoms with Crippen molar-refractivity contribution in [2.45, 2.75) is 26.8 Å². The number of amides is 1. The number of fused-ring (bicyclic) bond motifs is 1. The lowest BCUT2D eigenvalue weighted by Crippen LogP contribution is -2.20. The van der Waals surface area contributed by atoms with Crippen LogP contribution in [-0.2, 0) is 20.9 Å². The SMILES string of the molecule is COC(=O)CCn1c(=NC(=O)C(C)C)sc2cc(F)ccc21. The lowest BCUT2D eigenvalue weighted by molar-refractivity contribution is -0.140. The van der Waals surface area contributed by atoms with Crippen LogP contribution in [0.5, 0.6) is 0 Å². The fourth-order valence-corrected chi connectivity index (χ4v) is 2.96. The number of esters is 1. The molecule has 0 spiro atoms. The molecule has 0 unspecified atom stereocenters. The van der Waals surface area contributed by atoms with Gasteiger partial charge >= 0.3 is 5.97 Å². The highest BCUT2D eigenvalue weighted by Crippen LogP contribution is 2.19. The Balaban J connectivity index is 2.53. The molecule has 2 aromatic rings. The Labute approximate surface area is 131 Å². The maximum atomic E-state index is 13.4. The van der Waals surface area contributed by atoms with Crippen molar-refractivity contribution < 1.29 is 18.7 Å². The molecule has 0 aliphatic heterocycles. The molecule has 1 aromatic carbocycles. The highest BCUT2D eigenvalue weighted by molar-refractivity contribution is 7.16. The zero-order valence-corrected chi connectivity index (χ0v) is 13.4. The first kappa shape index (κ1) is 16.4. The second kappa shape index (κ2) is 6.83. The van der Waals surface area contributed by atoms with Gasteiger partial charge in [0.05, 0.1) is 23.7 Å². The minimum Gasteiger partial charge on any atom is -0.469 e. The smallest absolute Gasteiger partial charge is 0.307 e. The first-order chi connectivity index (χ1) is 10.4. The van der Waals surface area contributed by atoms with Crippen molar-refractivity contribution in [1.29, 1.82) is 0 Å². The lowest BCUT2D eigenvalue weighted by atomic mass is 10.2. The number of methoxy groups -OCH3 is 1. The number of ether oxygens (including phenoxy) is 1. The van der Waals surface area contributed by atoms with E-state index in [0.29, 0.717) is 16.0 Å². The maximum Gasteiger partial charge on any atom is 0.307 e. The van der Waals surface area contributed by atoms with Gasteiger partial charge in [0, 0.05) is 12.5 Å². The summed E-state index contributed by atoms with van der Waals surface area (Å²) in [4.78, 5) is 27.8. The van der Waals surface area contributed by atoms with E-state index in [4.69, 9.17) is 0 Å². The van der Waals surface area contributed by atoms with Gasteiger partial charge in [-0.05, 0) is 18.2 Å². The van der Waals surface area contributed by atoms with Crippen LogP contribution < -0.4 is 4.80 Å². The maximum absolute atomic E-state index is 13.4. The monoisotopic (exact) mass is 324 g/mol. The van der Waals surface area contributed by atoms with Crippen LogP contribution in [0.2, 0.25) is 0 Å². The van der Waals surface area contributed by atoms with Gasteiger partial charge in [-0.15, -0.1) is 0 Å². The average Bonchev–Trinajstić information content (AvgIpc) is 2.80. The molecular weight excluding hydrogens is 307 g/mol. The van der Waals surface area contributed by atoms with Gasteiger partial charge in [0.1, 0.15) is 5.82 Å². The Morgan fingerprint density at radius 2 is 2.14 bits per heavy atom. The summed E-state index contributed by atoms with van der Waals surface area (Å²) in [5.74, 6) is -1.18. The molecule has 2 rings (SSSR count). The van der Waals surface area contributed by atoms with Crippen LogP contribution >= 0.6 is 11.3 Å². The molecule has 0 radical (unpaired) electrons. The van der Waals surface area contributed by atoms with Crippen molar-refractivity contribution >= 4 is 33.4 Å². The predicted molar refractivity (Wildman–Crippen MR) is 81.8 cm³/mol. The third kappa shape index (κ3) is 3.59. The van der Waals surface area contributed by atoms with E-state index < -0.39 is 0 Å². The Morgan fingerprint density at radius 3 is 2.77 bits per heavy atom. The summed E-state index contributed by atoms with van der Waals surface area (Å²) in [6.07, 6.45) is 0.156. The first-order valence-corrected chi connectivity index (χ1v) is 7.68. The number of rotatable bonds is 4. The number of aryl methyl sites for hydroxylation is 1.